The Morgan fingerprint density at radius 3 is 2.16 bits per heavy atom. The third kappa shape index (κ3) is 3.06. The third-order valence-corrected chi connectivity index (χ3v) is 4.78. The van der Waals surface area contributed by atoms with E-state index in [9.17, 15) is 8.78 Å². The van der Waals surface area contributed by atoms with Crippen LogP contribution in [0.15, 0.2) is 59.0 Å². The zero-order valence-corrected chi connectivity index (χ0v) is 14.1. The minimum absolute atomic E-state index is 0.105. The van der Waals surface area contributed by atoms with Crippen LogP contribution in [0.25, 0.3) is 32.7 Å². The lowest BCUT2D eigenvalue weighted by atomic mass is 10.1. The van der Waals surface area contributed by atoms with E-state index in [4.69, 9.17) is 16.0 Å². The molecule has 0 aliphatic rings. The molecule has 0 amide bonds. The summed E-state index contributed by atoms with van der Waals surface area (Å²) in [4.78, 5) is 0. The maximum Gasteiger partial charge on any atom is 0.183 e. The quantitative estimate of drug-likeness (QED) is 0.437. The summed E-state index contributed by atoms with van der Waals surface area (Å²) in [6.07, 6.45) is 0. The predicted octanol–water partition coefficient (Wildman–Crippen LogP) is 6.06. The van der Waals surface area contributed by atoms with Crippen LogP contribution >= 0.6 is 22.9 Å². The fraction of sp³-hybridized carbons (Fsp3) is 0. The fourth-order valence-corrected chi connectivity index (χ4v) is 3.29. The lowest BCUT2D eigenvalue weighted by Gasteiger charge is -2.00. The highest BCUT2D eigenvalue weighted by Crippen LogP contribution is 2.35. The Morgan fingerprint density at radius 1 is 0.800 bits per heavy atom. The SMILES string of the molecule is Fc1cccc(F)c1-c1ccc(-c2nnc(-c3ccc(Cl)cc3)s2)o1. The van der Waals surface area contributed by atoms with Crippen LogP contribution in [0.5, 0.6) is 0 Å². The number of furan rings is 1. The summed E-state index contributed by atoms with van der Waals surface area (Å²) >= 11 is 7.19. The van der Waals surface area contributed by atoms with Gasteiger partial charge in [-0.1, -0.05) is 41.1 Å². The van der Waals surface area contributed by atoms with E-state index in [-0.39, 0.29) is 11.3 Å². The van der Waals surface area contributed by atoms with Gasteiger partial charge in [-0.15, -0.1) is 10.2 Å². The smallest absolute Gasteiger partial charge is 0.183 e. The molecule has 0 atom stereocenters. The fourth-order valence-electron chi connectivity index (χ4n) is 2.35. The van der Waals surface area contributed by atoms with Crippen molar-refractivity contribution < 1.29 is 13.2 Å². The van der Waals surface area contributed by atoms with E-state index in [1.165, 1.54) is 35.6 Å². The first-order chi connectivity index (χ1) is 12.1. The molecule has 25 heavy (non-hydrogen) atoms. The maximum atomic E-state index is 13.9. The number of nitrogens with zero attached hydrogens (tertiary/aromatic N) is 2. The zero-order chi connectivity index (χ0) is 17.4. The number of aromatic nitrogens is 2. The monoisotopic (exact) mass is 374 g/mol. The minimum atomic E-state index is -0.681. The summed E-state index contributed by atoms with van der Waals surface area (Å²) in [5.41, 5.74) is 0.677. The van der Waals surface area contributed by atoms with E-state index in [2.05, 4.69) is 10.2 Å². The lowest BCUT2D eigenvalue weighted by molar-refractivity contribution is 0.555. The molecule has 2 aromatic carbocycles. The molecule has 2 aromatic heterocycles. The molecule has 0 bridgehead atoms. The van der Waals surface area contributed by atoms with Crippen LogP contribution in [0.1, 0.15) is 0 Å². The summed E-state index contributed by atoms with van der Waals surface area (Å²) < 4.78 is 33.3. The molecule has 124 valence electrons. The average molecular weight is 375 g/mol. The number of rotatable bonds is 3. The molecular weight excluding hydrogens is 366 g/mol. The second kappa shape index (κ2) is 6.38. The summed E-state index contributed by atoms with van der Waals surface area (Å²) in [6.45, 7) is 0. The van der Waals surface area contributed by atoms with Gasteiger partial charge in [0.15, 0.2) is 10.8 Å². The molecule has 0 unspecified atom stereocenters. The van der Waals surface area contributed by atoms with Gasteiger partial charge < -0.3 is 4.42 Å². The first kappa shape index (κ1) is 15.9. The summed E-state index contributed by atoms with van der Waals surface area (Å²) in [7, 11) is 0. The van der Waals surface area contributed by atoms with Crippen LogP contribution in [-0.2, 0) is 0 Å². The Bertz CT molecular complexity index is 1020. The van der Waals surface area contributed by atoms with Crippen molar-refractivity contribution in [2.45, 2.75) is 0 Å². The van der Waals surface area contributed by atoms with Crippen LogP contribution < -0.4 is 0 Å². The Balaban J connectivity index is 1.68. The van der Waals surface area contributed by atoms with E-state index in [1.807, 2.05) is 12.1 Å². The Hall–Kier alpha value is -2.57. The molecule has 0 radical (unpaired) electrons. The van der Waals surface area contributed by atoms with Crippen molar-refractivity contribution in [2.24, 2.45) is 0 Å². The first-order valence-electron chi connectivity index (χ1n) is 7.26. The van der Waals surface area contributed by atoms with Crippen molar-refractivity contribution in [1.82, 2.24) is 10.2 Å². The Labute approximate surface area is 150 Å². The van der Waals surface area contributed by atoms with Crippen molar-refractivity contribution in [1.29, 1.82) is 0 Å². The molecule has 0 spiro atoms. The summed E-state index contributed by atoms with van der Waals surface area (Å²) in [5, 5.41) is 10.1. The van der Waals surface area contributed by atoms with Crippen molar-refractivity contribution in [3.63, 3.8) is 0 Å². The molecule has 0 saturated heterocycles. The molecule has 0 aliphatic carbocycles. The topological polar surface area (TPSA) is 38.9 Å². The highest BCUT2D eigenvalue weighted by Gasteiger charge is 2.17. The molecule has 7 heteroatoms. The Kier molecular flexibility index (Phi) is 4.07. The highest BCUT2D eigenvalue weighted by atomic mass is 35.5. The van der Waals surface area contributed by atoms with Crippen molar-refractivity contribution in [2.75, 3.05) is 0 Å². The van der Waals surface area contributed by atoms with Gasteiger partial charge in [0.25, 0.3) is 0 Å². The zero-order valence-electron chi connectivity index (χ0n) is 12.5. The van der Waals surface area contributed by atoms with Gasteiger partial charge in [0.05, 0.1) is 5.56 Å². The van der Waals surface area contributed by atoms with E-state index >= 15 is 0 Å². The second-order valence-corrected chi connectivity index (χ2v) is 6.59. The van der Waals surface area contributed by atoms with Crippen molar-refractivity contribution in [3.05, 3.63) is 71.3 Å². The molecule has 0 saturated carbocycles. The van der Waals surface area contributed by atoms with Gasteiger partial charge in [-0.05, 0) is 36.4 Å². The number of benzene rings is 2. The van der Waals surface area contributed by atoms with Gasteiger partial charge in [0.1, 0.15) is 22.4 Å². The summed E-state index contributed by atoms with van der Waals surface area (Å²) in [5.74, 6) is -0.857. The minimum Gasteiger partial charge on any atom is -0.453 e. The standard InChI is InChI=1S/C18H9ClF2N2OS/c19-11-6-4-10(5-7-11)17-22-23-18(25-17)15-9-8-14(24-15)16-12(20)2-1-3-13(16)21/h1-9H. The summed E-state index contributed by atoms with van der Waals surface area (Å²) in [6, 6.07) is 14.0. The number of halogens is 3. The largest absolute Gasteiger partial charge is 0.453 e. The third-order valence-electron chi connectivity index (χ3n) is 3.54. The normalized spacial score (nSPS) is 11.0. The van der Waals surface area contributed by atoms with E-state index < -0.39 is 11.6 Å². The molecule has 0 aliphatic heterocycles. The average Bonchev–Trinajstić information content (AvgIpc) is 3.24. The lowest BCUT2D eigenvalue weighted by Crippen LogP contribution is -1.87. The number of hydrogen-bond acceptors (Lipinski definition) is 4. The van der Waals surface area contributed by atoms with Gasteiger partial charge in [-0.3, -0.25) is 0 Å². The van der Waals surface area contributed by atoms with E-state index in [0.717, 1.165) is 5.56 Å². The molecule has 0 N–H and O–H groups in total. The van der Waals surface area contributed by atoms with Gasteiger partial charge in [-0.2, -0.15) is 0 Å². The molecule has 0 fully saturated rings. The molecule has 4 rings (SSSR count). The van der Waals surface area contributed by atoms with Crippen LogP contribution in [0.3, 0.4) is 0 Å². The molecule has 3 nitrogen and oxygen atoms in total. The van der Waals surface area contributed by atoms with Crippen LogP contribution in [-0.4, -0.2) is 10.2 Å². The van der Waals surface area contributed by atoms with E-state index in [0.29, 0.717) is 20.8 Å². The van der Waals surface area contributed by atoms with Gasteiger partial charge in [-0.25, -0.2) is 8.78 Å². The predicted molar refractivity (Wildman–Crippen MR) is 93.4 cm³/mol. The van der Waals surface area contributed by atoms with E-state index in [1.54, 1.807) is 18.2 Å². The second-order valence-electron chi connectivity index (χ2n) is 5.18. The van der Waals surface area contributed by atoms with Gasteiger partial charge in [0.2, 0.25) is 0 Å². The van der Waals surface area contributed by atoms with Gasteiger partial charge >= 0.3 is 0 Å². The number of hydrogen-bond donors (Lipinski definition) is 0. The highest BCUT2D eigenvalue weighted by molar-refractivity contribution is 7.17. The maximum absolute atomic E-state index is 13.9. The molecule has 4 aromatic rings. The van der Waals surface area contributed by atoms with Crippen molar-refractivity contribution in [3.8, 4) is 32.7 Å². The van der Waals surface area contributed by atoms with Gasteiger partial charge in [0, 0.05) is 10.6 Å². The van der Waals surface area contributed by atoms with Crippen molar-refractivity contribution >= 4 is 22.9 Å². The van der Waals surface area contributed by atoms with Crippen LogP contribution in [0.4, 0.5) is 8.78 Å². The van der Waals surface area contributed by atoms with Crippen LogP contribution in [0.2, 0.25) is 5.02 Å². The molecule has 2 heterocycles. The first-order valence-corrected chi connectivity index (χ1v) is 8.45. The molecular formula is C18H9ClF2N2OS. The van der Waals surface area contributed by atoms with Crippen LogP contribution in [0, 0.1) is 11.6 Å². The Morgan fingerprint density at radius 2 is 1.44 bits per heavy atom.